The Morgan fingerprint density at radius 2 is 2.05 bits per heavy atom. The molecule has 0 aliphatic carbocycles. The van der Waals surface area contributed by atoms with E-state index in [0.717, 1.165) is 4.31 Å². The predicted molar refractivity (Wildman–Crippen MR) is 77.2 cm³/mol. The maximum absolute atomic E-state index is 12.5. The lowest BCUT2D eigenvalue weighted by molar-refractivity contribution is 0.415. The van der Waals surface area contributed by atoms with Crippen LogP contribution in [0.4, 0.5) is 11.4 Å². The summed E-state index contributed by atoms with van der Waals surface area (Å²) >= 11 is 0. The highest BCUT2D eigenvalue weighted by molar-refractivity contribution is 7.93. The lowest BCUT2D eigenvalue weighted by Crippen LogP contribution is -2.27. The molecule has 2 rings (SSSR count). The maximum Gasteiger partial charge on any atom is 0.267 e. The van der Waals surface area contributed by atoms with Gasteiger partial charge < -0.3 is 10.5 Å². The monoisotopic (exact) mass is 293 g/mol. The van der Waals surface area contributed by atoms with Crippen molar-refractivity contribution in [2.75, 3.05) is 24.2 Å². The van der Waals surface area contributed by atoms with E-state index in [1.807, 2.05) is 0 Å². The van der Waals surface area contributed by atoms with Crippen LogP contribution in [0.25, 0.3) is 0 Å². The number of hydrogen-bond donors (Lipinski definition) is 1. The zero-order chi connectivity index (χ0) is 14.8. The van der Waals surface area contributed by atoms with Crippen molar-refractivity contribution in [3.8, 4) is 5.75 Å². The number of nitrogens with two attached hydrogens (primary N) is 1. The number of nitrogens with zero attached hydrogens (tertiary/aromatic N) is 2. The largest absolute Gasteiger partial charge is 0.497 e. The second kappa shape index (κ2) is 5.38. The number of sulfonamides is 1. The number of ether oxygens (including phenoxy) is 1. The molecule has 0 saturated heterocycles. The summed E-state index contributed by atoms with van der Waals surface area (Å²) in [5.41, 5.74) is 6.35. The van der Waals surface area contributed by atoms with Crippen LogP contribution >= 0.6 is 0 Å². The van der Waals surface area contributed by atoms with Gasteiger partial charge in [0.05, 0.1) is 18.5 Å². The SMILES string of the molecule is COc1cccc(N(C)S(=O)(=O)c2cnccc2N)c1. The van der Waals surface area contributed by atoms with Gasteiger partial charge >= 0.3 is 0 Å². The van der Waals surface area contributed by atoms with Gasteiger partial charge in [-0.05, 0) is 18.2 Å². The molecule has 0 aliphatic heterocycles. The highest BCUT2D eigenvalue weighted by atomic mass is 32.2. The molecule has 0 saturated carbocycles. The van der Waals surface area contributed by atoms with E-state index < -0.39 is 10.0 Å². The molecule has 0 bridgehead atoms. The number of benzene rings is 1. The first-order valence-electron chi connectivity index (χ1n) is 5.79. The molecule has 0 unspecified atom stereocenters. The van der Waals surface area contributed by atoms with Gasteiger partial charge in [-0.2, -0.15) is 0 Å². The fourth-order valence-electron chi connectivity index (χ4n) is 1.70. The van der Waals surface area contributed by atoms with Gasteiger partial charge in [0, 0.05) is 25.5 Å². The van der Waals surface area contributed by atoms with Crippen LogP contribution in [0.5, 0.6) is 5.75 Å². The Kier molecular flexibility index (Phi) is 3.80. The fraction of sp³-hybridized carbons (Fsp3) is 0.154. The third-order valence-corrected chi connectivity index (χ3v) is 4.70. The van der Waals surface area contributed by atoms with E-state index in [-0.39, 0.29) is 10.6 Å². The van der Waals surface area contributed by atoms with Gasteiger partial charge in [-0.15, -0.1) is 0 Å². The first-order valence-corrected chi connectivity index (χ1v) is 7.23. The molecule has 0 atom stereocenters. The topological polar surface area (TPSA) is 85.5 Å². The Morgan fingerprint density at radius 3 is 2.70 bits per heavy atom. The molecule has 2 aromatic rings. The van der Waals surface area contributed by atoms with Crippen molar-refractivity contribution in [3.63, 3.8) is 0 Å². The summed E-state index contributed by atoms with van der Waals surface area (Å²) in [6.45, 7) is 0. The zero-order valence-corrected chi connectivity index (χ0v) is 12.0. The number of anilines is 2. The molecule has 6 nitrogen and oxygen atoms in total. The van der Waals surface area contributed by atoms with Crippen LogP contribution in [0, 0.1) is 0 Å². The van der Waals surface area contributed by atoms with E-state index in [1.54, 1.807) is 24.3 Å². The Hall–Kier alpha value is -2.28. The second-order valence-electron chi connectivity index (χ2n) is 4.09. The minimum absolute atomic E-state index is 0.0229. The van der Waals surface area contributed by atoms with Gasteiger partial charge in [-0.1, -0.05) is 6.07 Å². The summed E-state index contributed by atoms with van der Waals surface area (Å²) in [7, 11) is -0.782. The van der Waals surface area contributed by atoms with Crippen molar-refractivity contribution in [2.24, 2.45) is 0 Å². The molecule has 1 heterocycles. The van der Waals surface area contributed by atoms with E-state index in [9.17, 15) is 8.42 Å². The van der Waals surface area contributed by atoms with Gasteiger partial charge in [0.25, 0.3) is 10.0 Å². The van der Waals surface area contributed by atoms with Gasteiger partial charge in [0.1, 0.15) is 10.6 Å². The molecule has 1 aromatic carbocycles. The third kappa shape index (κ3) is 2.53. The summed E-state index contributed by atoms with van der Waals surface area (Å²) in [5, 5.41) is 0. The lowest BCUT2D eigenvalue weighted by atomic mass is 10.3. The molecule has 0 spiro atoms. The first-order chi connectivity index (χ1) is 9.46. The van der Waals surface area contributed by atoms with Crippen molar-refractivity contribution < 1.29 is 13.2 Å². The fourth-order valence-corrected chi connectivity index (χ4v) is 2.95. The number of aromatic nitrogens is 1. The molecule has 0 amide bonds. The van der Waals surface area contributed by atoms with Gasteiger partial charge in [-0.3, -0.25) is 9.29 Å². The normalized spacial score (nSPS) is 11.1. The average molecular weight is 293 g/mol. The van der Waals surface area contributed by atoms with Crippen molar-refractivity contribution in [2.45, 2.75) is 4.90 Å². The minimum Gasteiger partial charge on any atom is -0.497 e. The quantitative estimate of drug-likeness (QED) is 0.923. The smallest absolute Gasteiger partial charge is 0.267 e. The Bertz CT molecular complexity index is 716. The molecule has 0 fully saturated rings. The number of hydrogen-bond acceptors (Lipinski definition) is 5. The van der Waals surface area contributed by atoms with Crippen LogP contribution in [0.2, 0.25) is 0 Å². The lowest BCUT2D eigenvalue weighted by Gasteiger charge is -2.20. The molecular weight excluding hydrogens is 278 g/mol. The van der Waals surface area contributed by atoms with Crippen LogP contribution < -0.4 is 14.8 Å². The maximum atomic E-state index is 12.5. The van der Waals surface area contributed by atoms with Crippen LogP contribution in [0.15, 0.2) is 47.6 Å². The molecule has 7 heteroatoms. The molecule has 0 aliphatic rings. The second-order valence-corrected chi connectivity index (χ2v) is 6.03. The van der Waals surface area contributed by atoms with E-state index >= 15 is 0 Å². The van der Waals surface area contributed by atoms with Crippen molar-refractivity contribution in [3.05, 3.63) is 42.7 Å². The van der Waals surface area contributed by atoms with Gasteiger partial charge in [0.2, 0.25) is 0 Å². The molecular formula is C13H15N3O3S. The first kappa shape index (κ1) is 14.1. The Morgan fingerprint density at radius 1 is 1.30 bits per heavy atom. The molecule has 0 radical (unpaired) electrons. The Balaban J connectivity index is 2.46. The van der Waals surface area contributed by atoms with Crippen molar-refractivity contribution >= 4 is 21.4 Å². The van der Waals surface area contributed by atoms with E-state index in [2.05, 4.69) is 4.98 Å². The minimum atomic E-state index is -3.76. The van der Waals surface area contributed by atoms with Crippen molar-refractivity contribution in [1.29, 1.82) is 0 Å². The van der Waals surface area contributed by atoms with Crippen LogP contribution in [0.3, 0.4) is 0 Å². The number of pyridine rings is 1. The average Bonchev–Trinajstić information content (AvgIpc) is 2.46. The molecule has 20 heavy (non-hydrogen) atoms. The number of methoxy groups -OCH3 is 1. The molecule has 1 aromatic heterocycles. The zero-order valence-electron chi connectivity index (χ0n) is 11.1. The summed E-state index contributed by atoms with van der Waals surface area (Å²) in [6.07, 6.45) is 2.68. The van der Waals surface area contributed by atoms with Gasteiger partial charge in [-0.25, -0.2) is 8.42 Å². The predicted octanol–water partition coefficient (Wildman–Crippen LogP) is 1.50. The van der Waals surface area contributed by atoms with E-state index in [0.29, 0.717) is 11.4 Å². The van der Waals surface area contributed by atoms with E-state index in [4.69, 9.17) is 10.5 Å². The molecule has 106 valence electrons. The van der Waals surface area contributed by atoms with Crippen LogP contribution in [-0.4, -0.2) is 27.6 Å². The van der Waals surface area contributed by atoms with E-state index in [1.165, 1.54) is 32.6 Å². The highest BCUT2D eigenvalue weighted by Gasteiger charge is 2.24. The standard InChI is InChI=1S/C13H15N3O3S/c1-16(10-4-3-5-11(8-10)19-2)20(17,18)13-9-15-7-6-12(13)14/h3-9H,1-2H3,(H2,14,15). The summed E-state index contributed by atoms with van der Waals surface area (Å²) in [4.78, 5) is 3.79. The molecule has 2 N–H and O–H groups in total. The third-order valence-electron chi connectivity index (χ3n) is 2.87. The number of rotatable bonds is 4. The van der Waals surface area contributed by atoms with Crippen molar-refractivity contribution in [1.82, 2.24) is 4.98 Å². The number of nitrogen functional groups attached to an aromatic ring is 1. The highest BCUT2D eigenvalue weighted by Crippen LogP contribution is 2.27. The summed E-state index contributed by atoms with van der Waals surface area (Å²) in [6, 6.07) is 8.21. The Labute approximate surface area is 117 Å². The summed E-state index contributed by atoms with van der Waals surface area (Å²) < 4.78 is 31.3. The summed E-state index contributed by atoms with van der Waals surface area (Å²) in [5.74, 6) is 0.573. The van der Waals surface area contributed by atoms with Crippen LogP contribution in [0.1, 0.15) is 0 Å². The van der Waals surface area contributed by atoms with Crippen LogP contribution in [-0.2, 0) is 10.0 Å². The van der Waals surface area contributed by atoms with Gasteiger partial charge in [0.15, 0.2) is 0 Å².